The van der Waals surface area contributed by atoms with E-state index in [0.717, 1.165) is 22.5 Å². The van der Waals surface area contributed by atoms with Crippen molar-refractivity contribution in [3.63, 3.8) is 0 Å². The predicted octanol–water partition coefficient (Wildman–Crippen LogP) is 9.40. The smallest absolute Gasteiger partial charge is 0.223 e. The Hall–Kier alpha value is -7.21. The van der Waals surface area contributed by atoms with E-state index in [0.29, 0.717) is 33.9 Å². The fourth-order valence-corrected chi connectivity index (χ4v) is 5.61. The topological polar surface area (TPSA) is 141 Å². The molecule has 0 fully saturated rings. The molecule has 11 heteroatoms. The summed E-state index contributed by atoms with van der Waals surface area (Å²) in [6, 6.07) is 51.6. The Balaban J connectivity index is 0.000000184. The summed E-state index contributed by atoms with van der Waals surface area (Å²) in [6.45, 7) is 0. The van der Waals surface area contributed by atoms with Crippen molar-refractivity contribution in [3.8, 4) is 57.1 Å². The maximum Gasteiger partial charge on any atom is 0.223 e. The van der Waals surface area contributed by atoms with Crippen LogP contribution in [-0.4, -0.2) is 52.4 Å². The first-order valence-corrected chi connectivity index (χ1v) is 17.0. The first-order chi connectivity index (χ1) is 26.5. The van der Waals surface area contributed by atoms with Crippen molar-refractivity contribution < 1.29 is 37.2 Å². The Morgan fingerprint density at radius 1 is 0.400 bits per heavy atom. The van der Waals surface area contributed by atoms with Gasteiger partial charge >= 0.3 is 0 Å². The Labute approximate surface area is 327 Å². The average Bonchev–Trinajstić information content (AvgIpc) is 3.74. The number of phenols is 2. The average molecular weight is 770 g/mol. The summed E-state index contributed by atoms with van der Waals surface area (Å²) in [6.07, 6.45) is 3.05. The van der Waals surface area contributed by atoms with E-state index in [4.69, 9.17) is 0 Å². The molecule has 273 valence electrons. The van der Waals surface area contributed by atoms with Gasteiger partial charge in [-0.15, -0.1) is 0 Å². The van der Waals surface area contributed by atoms with Gasteiger partial charge in [-0.2, -0.15) is 10.2 Å². The molecular formula is C44H34CoN6O4. The minimum atomic E-state index is -0.0146. The molecule has 0 atom stereocenters. The third-order valence-corrected chi connectivity index (χ3v) is 8.32. The molecule has 0 aliphatic carbocycles. The number of para-hydroxylation sites is 6. The molecule has 0 saturated carbocycles. The van der Waals surface area contributed by atoms with Crippen LogP contribution in [0.25, 0.3) is 33.9 Å². The van der Waals surface area contributed by atoms with Crippen molar-refractivity contribution in [2.75, 3.05) is 0 Å². The van der Waals surface area contributed by atoms with E-state index in [1.165, 1.54) is 21.8 Å². The molecule has 6 aromatic carbocycles. The van der Waals surface area contributed by atoms with E-state index in [-0.39, 0.29) is 40.0 Å². The van der Waals surface area contributed by atoms with E-state index in [1.807, 2.05) is 121 Å². The maximum atomic E-state index is 10.8. The predicted molar refractivity (Wildman–Crippen MR) is 212 cm³/mol. The number of aliphatic imine (C=N–C) groups is 2. The van der Waals surface area contributed by atoms with E-state index in [1.54, 1.807) is 48.5 Å². The Bertz CT molecular complexity index is 2360. The summed E-state index contributed by atoms with van der Waals surface area (Å²) in [5.74, 6) is 0.119. The molecule has 8 aromatic rings. The maximum absolute atomic E-state index is 10.8. The summed E-state index contributed by atoms with van der Waals surface area (Å²) in [5, 5.41) is 50.7. The van der Waals surface area contributed by atoms with Crippen molar-refractivity contribution in [1.29, 1.82) is 0 Å². The molecule has 0 aliphatic heterocycles. The largest absolute Gasteiger partial charge is 0.506 e. The van der Waals surface area contributed by atoms with Gasteiger partial charge in [0.1, 0.15) is 34.3 Å². The molecular weight excluding hydrogens is 735 g/mol. The zero-order valence-corrected chi connectivity index (χ0v) is 30.2. The number of rotatable bonds is 8. The first kappa shape index (κ1) is 37.5. The van der Waals surface area contributed by atoms with E-state index >= 15 is 0 Å². The summed E-state index contributed by atoms with van der Waals surface area (Å²) < 4.78 is 2.96. The van der Waals surface area contributed by atoms with Crippen LogP contribution in [0.4, 0.5) is 11.4 Å². The summed E-state index contributed by atoms with van der Waals surface area (Å²) in [5.41, 5.74) is 6.23. The van der Waals surface area contributed by atoms with Crippen LogP contribution < -0.4 is 0 Å². The van der Waals surface area contributed by atoms with Gasteiger partial charge in [-0.3, -0.25) is 9.98 Å². The van der Waals surface area contributed by atoms with E-state index in [9.17, 15) is 20.4 Å². The SMILES string of the molecule is Oc1ccccc1N=Cc1c(-c2ccccc2)nn(-c2ccccc2)c1O.Oc1ccccc1N=Cc1c(-c2ccccc2)nn(-c2ccccc2)c1O.[Co]. The number of hydrogen-bond acceptors (Lipinski definition) is 8. The third-order valence-electron chi connectivity index (χ3n) is 8.32. The van der Waals surface area contributed by atoms with Crippen LogP contribution >= 0.6 is 0 Å². The van der Waals surface area contributed by atoms with Gasteiger partial charge in [-0.1, -0.05) is 121 Å². The Kier molecular flexibility index (Phi) is 12.0. The van der Waals surface area contributed by atoms with Crippen molar-refractivity contribution >= 4 is 23.8 Å². The molecule has 8 rings (SSSR count). The molecule has 0 spiro atoms. The third kappa shape index (κ3) is 8.55. The second-order valence-corrected chi connectivity index (χ2v) is 11.9. The van der Waals surface area contributed by atoms with E-state index < -0.39 is 0 Å². The molecule has 0 saturated heterocycles. The van der Waals surface area contributed by atoms with Gasteiger partial charge in [0.05, 0.1) is 22.5 Å². The van der Waals surface area contributed by atoms with Crippen LogP contribution in [0.5, 0.6) is 23.3 Å². The van der Waals surface area contributed by atoms with Crippen molar-refractivity contribution in [1.82, 2.24) is 19.6 Å². The molecule has 55 heavy (non-hydrogen) atoms. The first-order valence-electron chi connectivity index (χ1n) is 17.0. The summed E-state index contributed by atoms with van der Waals surface area (Å²) >= 11 is 0. The summed E-state index contributed by atoms with van der Waals surface area (Å²) in [4.78, 5) is 8.68. The molecule has 10 nitrogen and oxygen atoms in total. The number of benzene rings is 6. The number of aromatic hydroxyl groups is 4. The molecule has 0 aliphatic rings. The normalized spacial score (nSPS) is 10.9. The second-order valence-electron chi connectivity index (χ2n) is 11.9. The number of nitrogens with zero attached hydrogens (tertiary/aromatic N) is 6. The van der Waals surface area contributed by atoms with Gasteiger partial charge in [0.2, 0.25) is 11.8 Å². The van der Waals surface area contributed by atoms with Gasteiger partial charge in [0.25, 0.3) is 0 Å². The van der Waals surface area contributed by atoms with Crippen molar-refractivity contribution in [3.05, 3.63) is 181 Å². The van der Waals surface area contributed by atoms with Gasteiger partial charge in [0, 0.05) is 40.3 Å². The van der Waals surface area contributed by atoms with Gasteiger partial charge in [0.15, 0.2) is 0 Å². The number of hydrogen-bond donors (Lipinski definition) is 4. The fraction of sp³-hybridized carbons (Fsp3) is 0. The van der Waals surface area contributed by atoms with Crippen molar-refractivity contribution in [2.24, 2.45) is 9.98 Å². The Morgan fingerprint density at radius 2 is 0.709 bits per heavy atom. The van der Waals surface area contributed by atoms with Gasteiger partial charge in [-0.25, -0.2) is 9.36 Å². The van der Waals surface area contributed by atoms with Crippen LogP contribution in [0.2, 0.25) is 0 Å². The van der Waals surface area contributed by atoms with Crippen molar-refractivity contribution in [2.45, 2.75) is 0 Å². The summed E-state index contributed by atoms with van der Waals surface area (Å²) in [7, 11) is 0. The number of phenolic OH excluding ortho intramolecular Hbond substituents is 2. The molecule has 1 radical (unpaired) electrons. The zero-order chi connectivity index (χ0) is 37.3. The second kappa shape index (κ2) is 17.5. The Morgan fingerprint density at radius 3 is 1.05 bits per heavy atom. The number of aromatic nitrogens is 4. The van der Waals surface area contributed by atoms with Crippen LogP contribution in [0.3, 0.4) is 0 Å². The minimum absolute atomic E-state index is 0. The van der Waals surface area contributed by atoms with Crippen LogP contribution in [0, 0.1) is 0 Å². The molecule has 2 aromatic heterocycles. The molecule has 2 heterocycles. The molecule has 0 amide bonds. The van der Waals surface area contributed by atoms with Gasteiger partial charge < -0.3 is 20.4 Å². The molecule has 0 unspecified atom stereocenters. The fourth-order valence-electron chi connectivity index (χ4n) is 5.61. The van der Waals surface area contributed by atoms with Crippen LogP contribution in [-0.2, 0) is 16.8 Å². The molecule has 4 N–H and O–H groups in total. The van der Waals surface area contributed by atoms with Gasteiger partial charge in [-0.05, 0) is 48.5 Å². The minimum Gasteiger partial charge on any atom is -0.506 e. The standard InChI is InChI=1S/2C22H17N3O2.Co/c2*26-20-14-8-7-13-19(20)23-15-18-21(16-9-3-1-4-10-16)24-25(22(18)27)17-11-5-2-6-12-17;/h2*1-15,26-27H;. The quantitative estimate of drug-likeness (QED) is 0.114. The van der Waals surface area contributed by atoms with E-state index in [2.05, 4.69) is 20.2 Å². The van der Waals surface area contributed by atoms with Crippen LogP contribution in [0.1, 0.15) is 11.1 Å². The van der Waals surface area contributed by atoms with Crippen LogP contribution in [0.15, 0.2) is 180 Å². The molecule has 0 bridgehead atoms. The zero-order valence-electron chi connectivity index (χ0n) is 29.1. The monoisotopic (exact) mass is 769 g/mol.